The quantitative estimate of drug-likeness (QED) is 0.867. The van der Waals surface area contributed by atoms with Crippen LogP contribution in [-0.2, 0) is 0 Å². The zero-order valence-corrected chi connectivity index (χ0v) is 10.6. The summed E-state index contributed by atoms with van der Waals surface area (Å²) in [5.41, 5.74) is 1.05. The maximum absolute atomic E-state index is 11.8. The molecule has 0 spiro atoms. The number of rotatable bonds is 4. The van der Waals surface area contributed by atoms with Crippen molar-refractivity contribution in [2.45, 2.75) is 12.8 Å². The van der Waals surface area contributed by atoms with Gasteiger partial charge >= 0.3 is 0 Å². The molecular formula is C14H15N3O2. The van der Waals surface area contributed by atoms with Crippen LogP contribution in [0.4, 0.5) is 0 Å². The molecule has 2 N–H and O–H groups in total. The minimum absolute atomic E-state index is 0.208. The van der Waals surface area contributed by atoms with Crippen molar-refractivity contribution in [2.75, 3.05) is 6.54 Å². The molecule has 0 aliphatic heterocycles. The maximum atomic E-state index is 11.8. The van der Waals surface area contributed by atoms with Gasteiger partial charge in [-0.25, -0.2) is 4.98 Å². The lowest BCUT2D eigenvalue weighted by Gasteiger charge is -2.12. The highest BCUT2D eigenvalue weighted by Crippen LogP contribution is 2.12. The average Bonchev–Trinajstić information content (AvgIpc) is 2.46. The van der Waals surface area contributed by atoms with Crippen molar-refractivity contribution < 1.29 is 4.79 Å². The number of hydrogen-bond donors (Lipinski definition) is 2. The first-order valence-corrected chi connectivity index (χ1v) is 6.04. The van der Waals surface area contributed by atoms with Gasteiger partial charge in [-0.1, -0.05) is 37.3 Å². The van der Waals surface area contributed by atoms with E-state index in [1.54, 1.807) is 0 Å². The minimum atomic E-state index is -0.325. The number of aromatic amines is 1. The standard InChI is InChI=1S/C14H15N3O2/c1-10(11-5-3-2-4-6-11)7-17-14(19)12-8-16-13(18)9-15-12/h2-6,8-10H,7H2,1H3,(H,16,18)(H,17,19)/t10-/m1/s1. The molecule has 1 aromatic heterocycles. The van der Waals surface area contributed by atoms with E-state index < -0.39 is 0 Å². The van der Waals surface area contributed by atoms with Gasteiger partial charge in [0.05, 0.1) is 6.20 Å². The molecule has 0 saturated heterocycles. The molecule has 98 valence electrons. The molecule has 0 aliphatic carbocycles. The Morgan fingerprint density at radius 3 is 2.74 bits per heavy atom. The first-order valence-electron chi connectivity index (χ1n) is 6.04. The molecule has 2 rings (SSSR count). The number of amides is 1. The minimum Gasteiger partial charge on any atom is -0.350 e. The average molecular weight is 257 g/mol. The molecule has 5 heteroatoms. The summed E-state index contributed by atoms with van der Waals surface area (Å²) < 4.78 is 0. The Morgan fingerprint density at radius 1 is 1.37 bits per heavy atom. The summed E-state index contributed by atoms with van der Waals surface area (Å²) in [5.74, 6) is -0.0769. The Balaban J connectivity index is 1.94. The van der Waals surface area contributed by atoms with Crippen molar-refractivity contribution in [2.24, 2.45) is 0 Å². The maximum Gasteiger partial charge on any atom is 0.271 e. The Kier molecular flexibility index (Phi) is 4.07. The molecule has 0 fully saturated rings. The van der Waals surface area contributed by atoms with Crippen LogP contribution in [-0.4, -0.2) is 22.4 Å². The number of carbonyl (C=O) groups is 1. The van der Waals surface area contributed by atoms with E-state index in [0.717, 1.165) is 11.8 Å². The van der Waals surface area contributed by atoms with Crippen LogP contribution in [0, 0.1) is 0 Å². The van der Waals surface area contributed by atoms with Crippen LogP contribution >= 0.6 is 0 Å². The van der Waals surface area contributed by atoms with Gasteiger partial charge in [0.15, 0.2) is 0 Å². The zero-order chi connectivity index (χ0) is 13.7. The van der Waals surface area contributed by atoms with E-state index in [9.17, 15) is 9.59 Å². The fourth-order valence-corrected chi connectivity index (χ4v) is 1.70. The lowest BCUT2D eigenvalue weighted by atomic mass is 10.0. The van der Waals surface area contributed by atoms with Crippen molar-refractivity contribution >= 4 is 5.91 Å². The van der Waals surface area contributed by atoms with Crippen LogP contribution < -0.4 is 10.9 Å². The first-order chi connectivity index (χ1) is 9.16. The van der Waals surface area contributed by atoms with Crippen molar-refractivity contribution in [3.63, 3.8) is 0 Å². The molecule has 1 heterocycles. The Morgan fingerprint density at radius 2 is 2.11 bits per heavy atom. The highest BCUT2D eigenvalue weighted by atomic mass is 16.2. The van der Waals surface area contributed by atoms with E-state index >= 15 is 0 Å². The van der Waals surface area contributed by atoms with Gasteiger partial charge < -0.3 is 10.3 Å². The van der Waals surface area contributed by atoms with Gasteiger partial charge in [-0.15, -0.1) is 0 Å². The number of hydrogen-bond acceptors (Lipinski definition) is 3. The molecule has 0 radical (unpaired) electrons. The predicted octanol–water partition coefficient (Wildman–Crippen LogP) is 1.30. The van der Waals surface area contributed by atoms with Gasteiger partial charge in [0, 0.05) is 12.7 Å². The summed E-state index contributed by atoms with van der Waals surface area (Å²) in [5, 5.41) is 2.79. The fraction of sp³-hybridized carbons (Fsp3) is 0.214. The van der Waals surface area contributed by atoms with Gasteiger partial charge in [0.1, 0.15) is 5.69 Å². The number of benzene rings is 1. The smallest absolute Gasteiger partial charge is 0.271 e. The normalized spacial score (nSPS) is 11.8. The van der Waals surface area contributed by atoms with E-state index in [0.29, 0.717) is 6.54 Å². The molecule has 0 bridgehead atoms. The van der Waals surface area contributed by atoms with Crippen molar-refractivity contribution in [3.05, 3.63) is 64.3 Å². The number of carbonyl (C=O) groups excluding carboxylic acids is 1. The van der Waals surface area contributed by atoms with Gasteiger partial charge in [0.2, 0.25) is 0 Å². The third-order valence-electron chi connectivity index (χ3n) is 2.84. The van der Waals surface area contributed by atoms with Crippen LogP contribution in [0.25, 0.3) is 0 Å². The zero-order valence-electron chi connectivity index (χ0n) is 10.6. The fourth-order valence-electron chi connectivity index (χ4n) is 1.70. The second kappa shape index (κ2) is 5.95. The molecule has 2 aromatic rings. The van der Waals surface area contributed by atoms with E-state index in [-0.39, 0.29) is 23.1 Å². The Labute approximate surface area is 110 Å². The summed E-state index contributed by atoms with van der Waals surface area (Å²) in [6.45, 7) is 2.56. The van der Waals surface area contributed by atoms with Crippen molar-refractivity contribution in [3.8, 4) is 0 Å². The van der Waals surface area contributed by atoms with Gasteiger partial charge in [-0.05, 0) is 11.5 Å². The molecule has 0 saturated carbocycles. The lowest BCUT2D eigenvalue weighted by Crippen LogP contribution is -2.29. The topological polar surface area (TPSA) is 74.8 Å². The van der Waals surface area contributed by atoms with E-state index in [4.69, 9.17) is 0 Å². The largest absolute Gasteiger partial charge is 0.350 e. The van der Waals surface area contributed by atoms with Crippen LogP contribution in [0.3, 0.4) is 0 Å². The summed E-state index contributed by atoms with van der Waals surface area (Å²) >= 11 is 0. The summed E-state index contributed by atoms with van der Waals surface area (Å²) in [4.78, 5) is 28.8. The molecule has 1 amide bonds. The van der Waals surface area contributed by atoms with Crippen molar-refractivity contribution in [1.82, 2.24) is 15.3 Å². The van der Waals surface area contributed by atoms with Crippen molar-refractivity contribution in [1.29, 1.82) is 0 Å². The van der Waals surface area contributed by atoms with Crippen LogP contribution in [0.2, 0.25) is 0 Å². The summed E-state index contributed by atoms with van der Waals surface area (Å²) in [7, 11) is 0. The lowest BCUT2D eigenvalue weighted by molar-refractivity contribution is 0.0946. The number of nitrogens with zero attached hydrogens (tertiary/aromatic N) is 1. The molecule has 1 aromatic carbocycles. The highest BCUT2D eigenvalue weighted by molar-refractivity contribution is 5.91. The second-order valence-electron chi connectivity index (χ2n) is 4.32. The third-order valence-corrected chi connectivity index (χ3v) is 2.84. The predicted molar refractivity (Wildman–Crippen MR) is 72.0 cm³/mol. The molecule has 5 nitrogen and oxygen atoms in total. The molecular weight excluding hydrogens is 242 g/mol. The van der Waals surface area contributed by atoms with E-state index in [2.05, 4.69) is 15.3 Å². The number of aromatic nitrogens is 2. The molecule has 19 heavy (non-hydrogen) atoms. The Bertz CT molecular complexity index is 587. The van der Waals surface area contributed by atoms with Gasteiger partial charge in [0.25, 0.3) is 11.5 Å². The van der Waals surface area contributed by atoms with E-state index in [1.807, 2.05) is 37.3 Å². The third kappa shape index (κ3) is 3.51. The summed E-state index contributed by atoms with van der Waals surface area (Å²) in [6, 6.07) is 9.94. The molecule has 0 aliphatic rings. The number of H-pyrrole nitrogens is 1. The monoisotopic (exact) mass is 257 g/mol. The molecule has 0 unspecified atom stereocenters. The van der Waals surface area contributed by atoms with Crippen LogP contribution in [0.1, 0.15) is 28.9 Å². The SMILES string of the molecule is C[C@H](CNC(=O)c1c[nH]c(=O)cn1)c1ccccc1. The summed E-state index contributed by atoms with van der Waals surface area (Å²) in [6.07, 6.45) is 2.40. The van der Waals surface area contributed by atoms with Gasteiger partial charge in [-0.3, -0.25) is 9.59 Å². The Hall–Kier alpha value is -2.43. The first kappa shape index (κ1) is 13.0. The van der Waals surface area contributed by atoms with E-state index in [1.165, 1.54) is 6.20 Å². The van der Waals surface area contributed by atoms with Crippen LogP contribution in [0.15, 0.2) is 47.5 Å². The molecule has 1 atom stereocenters. The number of nitrogens with one attached hydrogen (secondary N) is 2. The highest BCUT2D eigenvalue weighted by Gasteiger charge is 2.10. The van der Waals surface area contributed by atoms with Gasteiger partial charge in [-0.2, -0.15) is 0 Å². The second-order valence-corrected chi connectivity index (χ2v) is 4.32. The van der Waals surface area contributed by atoms with Crippen LogP contribution in [0.5, 0.6) is 0 Å².